The lowest BCUT2D eigenvalue weighted by molar-refractivity contribution is -0.305. The van der Waals surface area contributed by atoms with Gasteiger partial charge in [-0.2, -0.15) is 5.10 Å². The average molecular weight is 371 g/mol. The lowest BCUT2D eigenvalue weighted by Crippen LogP contribution is -2.29. The van der Waals surface area contributed by atoms with Crippen molar-refractivity contribution < 1.29 is 28.6 Å². The molecule has 0 fully saturated rings. The molecule has 1 aromatic carbocycles. The van der Waals surface area contributed by atoms with Crippen molar-refractivity contribution in [2.24, 2.45) is 5.10 Å². The number of benzene rings is 1. The van der Waals surface area contributed by atoms with Crippen molar-refractivity contribution in [3.63, 3.8) is 0 Å². The molecule has 0 bridgehead atoms. The van der Waals surface area contributed by atoms with E-state index in [1.165, 1.54) is 11.3 Å². The van der Waals surface area contributed by atoms with Crippen LogP contribution in [0, 0.1) is 0 Å². The molecule has 8 heteroatoms. The number of hydrazone groups is 1. The molecule has 0 spiro atoms. The molecule has 8 nitrogen and oxygen atoms in total. The molecule has 1 atom stereocenters. The largest absolute Gasteiger partial charge is 0.550 e. The van der Waals surface area contributed by atoms with E-state index in [0.717, 1.165) is 5.56 Å². The van der Waals surface area contributed by atoms with E-state index >= 15 is 0 Å². The molecule has 0 aliphatic carbocycles. The molecule has 27 heavy (non-hydrogen) atoms. The van der Waals surface area contributed by atoms with Crippen molar-refractivity contribution in [3.8, 4) is 11.5 Å². The smallest absolute Gasteiger partial charge is 0.243 e. The quantitative estimate of drug-likeness (QED) is 0.731. The summed E-state index contributed by atoms with van der Waals surface area (Å²) in [7, 11) is 3.09. The summed E-state index contributed by atoms with van der Waals surface area (Å²) in [5.41, 5.74) is 1.44. The fraction of sp³-hybridized carbons (Fsp3) is 0.316. The van der Waals surface area contributed by atoms with Crippen molar-refractivity contribution in [1.29, 1.82) is 0 Å². The highest BCUT2D eigenvalue weighted by atomic mass is 16.5. The summed E-state index contributed by atoms with van der Waals surface area (Å²) in [6.07, 6.45) is 1.40. The van der Waals surface area contributed by atoms with Crippen LogP contribution in [-0.2, 0) is 9.59 Å². The molecule has 1 aliphatic rings. The van der Waals surface area contributed by atoms with Gasteiger partial charge in [-0.25, -0.2) is 5.01 Å². The zero-order valence-corrected chi connectivity index (χ0v) is 15.0. The van der Waals surface area contributed by atoms with Gasteiger partial charge < -0.3 is 23.8 Å². The van der Waals surface area contributed by atoms with Crippen molar-refractivity contribution >= 4 is 17.6 Å². The first kappa shape index (κ1) is 18.5. The Labute approximate surface area is 156 Å². The lowest BCUT2D eigenvalue weighted by atomic mass is 10.0. The van der Waals surface area contributed by atoms with Crippen molar-refractivity contribution in [3.05, 3.63) is 47.9 Å². The number of carbonyl (C=O) groups excluding carboxylic acids is 2. The molecule has 0 N–H and O–H groups in total. The van der Waals surface area contributed by atoms with Gasteiger partial charge >= 0.3 is 0 Å². The second-order valence-electron chi connectivity index (χ2n) is 5.96. The minimum absolute atomic E-state index is 0.192. The Morgan fingerprint density at radius 1 is 1.22 bits per heavy atom. The van der Waals surface area contributed by atoms with Gasteiger partial charge in [0.15, 0.2) is 11.5 Å². The molecule has 0 unspecified atom stereocenters. The monoisotopic (exact) mass is 371 g/mol. The van der Waals surface area contributed by atoms with Crippen LogP contribution in [0.4, 0.5) is 0 Å². The van der Waals surface area contributed by atoms with Crippen LogP contribution < -0.4 is 14.6 Å². The number of carboxylic acid groups (broad SMARTS) is 1. The number of carboxylic acids is 1. The van der Waals surface area contributed by atoms with Crippen molar-refractivity contribution in [2.75, 3.05) is 14.2 Å². The third kappa shape index (κ3) is 3.94. The van der Waals surface area contributed by atoms with Gasteiger partial charge in [0.1, 0.15) is 11.8 Å². The lowest BCUT2D eigenvalue weighted by Gasteiger charge is -2.19. The van der Waals surface area contributed by atoms with Gasteiger partial charge in [0.05, 0.1) is 26.2 Å². The topological polar surface area (TPSA) is 104 Å². The molecule has 1 aliphatic heterocycles. The van der Waals surface area contributed by atoms with Crippen LogP contribution in [0.2, 0.25) is 0 Å². The Bertz CT molecular complexity index is 859. The summed E-state index contributed by atoms with van der Waals surface area (Å²) < 4.78 is 16.0. The van der Waals surface area contributed by atoms with Gasteiger partial charge in [0, 0.05) is 24.4 Å². The molecular weight excluding hydrogens is 352 g/mol. The summed E-state index contributed by atoms with van der Waals surface area (Å²) in [5, 5.41) is 16.4. The van der Waals surface area contributed by atoms with E-state index < -0.39 is 17.9 Å². The number of hydrogen-bond donors (Lipinski definition) is 0. The van der Waals surface area contributed by atoms with Gasteiger partial charge in [0.25, 0.3) is 0 Å². The van der Waals surface area contributed by atoms with Crippen LogP contribution in [0.15, 0.2) is 46.1 Å². The number of ether oxygens (including phenoxy) is 2. The Kier molecular flexibility index (Phi) is 5.44. The molecule has 0 radical (unpaired) electrons. The summed E-state index contributed by atoms with van der Waals surface area (Å²) in [5.74, 6) is 0.0339. The van der Waals surface area contributed by atoms with Crippen LogP contribution in [0.3, 0.4) is 0 Å². The standard InChI is InChI=1S/C19H20N2O6/c1-25-16-6-5-12(10-17(16)26-2)13-11-14(15-4-3-9-27-15)21(20-13)18(22)7-8-19(23)24/h3-6,9-10,14H,7-8,11H2,1-2H3,(H,23,24)/p-1/t14-/m1/s1. The van der Waals surface area contributed by atoms with E-state index in [2.05, 4.69) is 5.10 Å². The number of methoxy groups -OCH3 is 2. The number of rotatable bonds is 7. The van der Waals surface area contributed by atoms with Crippen LogP contribution >= 0.6 is 0 Å². The Hall–Kier alpha value is -3.29. The zero-order valence-electron chi connectivity index (χ0n) is 15.0. The summed E-state index contributed by atoms with van der Waals surface area (Å²) in [6, 6.07) is 8.43. The highest BCUT2D eigenvalue weighted by molar-refractivity contribution is 6.03. The molecule has 1 aromatic heterocycles. The number of furan rings is 1. The van der Waals surface area contributed by atoms with Crippen LogP contribution in [0.1, 0.15) is 36.6 Å². The second kappa shape index (κ2) is 7.94. The number of amides is 1. The predicted molar refractivity (Wildman–Crippen MR) is 93.2 cm³/mol. The highest BCUT2D eigenvalue weighted by Crippen LogP contribution is 2.35. The van der Waals surface area contributed by atoms with Gasteiger partial charge in [-0.3, -0.25) is 4.79 Å². The van der Waals surface area contributed by atoms with Crippen LogP contribution in [0.25, 0.3) is 0 Å². The Morgan fingerprint density at radius 2 is 2.00 bits per heavy atom. The van der Waals surface area contributed by atoms with Gasteiger partial charge in [-0.15, -0.1) is 0 Å². The van der Waals surface area contributed by atoms with Gasteiger partial charge in [0.2, 0.25) is 5.91 Å². The normalized spacial score (nSPS) is 16.1. The number of nitrogens with zero attached hydrogens (tertiary/aromatic N) is 2. The van der Waals surface area contributed by atoms with E-state index in [4.69, 9.17) is 13.9 Å². The van der Waals surface area contributed by atoms with Crippen LogP contribution in [0.5, 0.6) is 11.5 Å². The maximum atomic E-state index is 12.5. The van der Waals surface area contributed by atoms with E-state index in [-0.39, 0.29) is 12.8 Å². The van der Waals surface area contributed by atoms with E-state index in [9.17, 15) is 14.7 Å². The first-order valence-electron chi connectivity index (χ1n) is 8.38. The fourth-order valence-corrected chi connectivity index (χ4v) is 2.96. The Balaban J connectivity index is 1.90. The van der Waals surface area contributed by atoms with Gasteiger partial charge in [-0.1, -0.05) is 0 Å². The third-order valence-corrected chi connectivity index (χ3v) is 4.30. The fourth-order valence-electron chi connectivity index (χ4n) is 2.96. The second-order valence-corrected chi connectivity index (χ2v) is 5.96. The van der Waals surface area contributed by atoms with Crippen LogP contribution in [-0.4, -0.2) is 36.8 Å². The molecule has 142 valence electrons. The summed E-state index contributed by atoms with van der Waals surface area (Å²) in [4.78, 5) is 23.2. The molecular formula is C19H19N2O6-. The average Bonchev–Trinajstić information content (AvgIpc) is 3.34. The molecule has 0 saturated heterocycles. The number of carbonyl (C=O) groups is 2. The zero-order chi connectivity index (χ0) is 19.4. The molecule has 1 amide bonds. The highest BCUT2D eigenvalue weighted by Gasteiger charge is 2.34. The van der Waals surface area contributed by atoms with Crippen molar-refractivity contribution in [1.82, 2.24) is 5.01 Å². The number of hydrogen-bond acceptors (Lipinski definition) is 7. The SMILES string of the molecule is COc1ccc(C2=NN(C(=O)CCC(=O)[O-])[C@@H](c3ccco3)C2)cc1OC. The maximum Gasteiger partial charge on any atom is 0.243 e. The van der Waals surface area contributed by atoms with E-state index in [0.29, 0.717) is 29.4 Å². The third-order valence-electron chi connectivity index (χ3n) is 4.30. The Morgan fingerprint density at radius 3 is 2.63 bits per heavy atom. The van der Waals surface area contributed by atoms with Crippen molar-refractivity contribution in [2.45, 2.75) is 25.3 Å². The van der Waals surface area contributed by atoms with E-state index in [1.54, 1.807) is 38.5 Å². The van der Waals surface area contributed by atoms with E-state index in [1.807, 2.05) is 6.07 Å². The molecule has 3 rings (SSSR count). The minimum Gasteiger partial charge on any atom is -0.550 e. The molecule has 2 aromatic rings. The predicted octanol–water partition coefficient (Wildman–Crippen LogP) is 1.50. The first-order valence-corrected chi connectivity index (χ1v) is 8.38. The number of aliphatic carboxylic acids is 1. The maximum absolute atomic E-state index is 12.5. The van der Waals surface area contributed by atoms with Gasteiger partial charge in [-0.05, 0) is 36.8 Å². The molecule has 2 heterocycles. The summed E-state index contributed by atoms with van der Waals surface area (Å²) >= 11 is 0. The molecule has 0 saturated carbocycles. The minimum atomic E-state index is -1.28. The summed E-state index contributed by atoms with van der Waals surface area (Å²) in [6.45, 7) is 0. The first-order chi connectivity index (χ1) is 13.0.